The topological polar surface area (TPSA) is 131 Å². The fourth-order valence-electron chi connectivity index (χ4n) is 11.5. The van der Waals surface area contributed by atoms with E-state index in [0.717, 1.165) is 44.9 Å². The van der Waals surface area contributed by atoms with Gasteiger partial charge in [0, 0.05) is 46.1 Å². The molecule has 0 aromatic heterocycles. The lowest BCUT2D eigenvalue weighted by Crippen LogP contribution is -2.46. The SMILES string of the molecule is C[C@H]1[C@H](C(C)(C)O)[C@@H](CC(=O)N2CCC[C@H]2CO)O[C@]12C(=O)N(Cc1ccc(N3C(=O)c4cccc5cccc3c45)cc1)c1ccc(N3C(=O)c4cccc5cccc3c45)cc12. The second-order valence-electron chi connectivity index (χ2n) is 18.0. The van der Waals surface area contributed by atoms with Gasteiger partial charge in [-0.25, -0.2) is 0 Å². The van der Waals surface area contributed by atoms with Crippen LogP contribution in [0.4, 0.5) is 28.4 Å². The molecule has 1 spiro atoms. The standard InChI is InChI=1S/C51H46N4O7/c1-29-46(50(2,3)61)42(26-43(57)52-24-8-13-35(52)28-56)62-51(29)38-25-34(55-41-17-7-12-32-10-5-15-37(45(32)41)48(55)59)22-23-39(38)53(49(51)60)27-30-18-20-33(21-19-30)54-40-16-6-11-31-9-4-14-36(44(31)40)47(54)58/h4-7,9-12,14-23,25,29,35,42,46,56,61H,8,13,24,26-28H2,1-3H3/t29-,35-,42+,46-,51+/m0/s1. The molecular formula is C51H46N4O7. The number of amides is 4. The van der Waals surface area contributed by atoms with Crippen molar-refractivity contribution >= 4 is 73.6 Å². The Kier molecular flexibility index (Phi) is 8.58. The molecule has 5 atom stereocenters. The number of carbonyl (C=O) groups excluding carboxylic acids is 4. The summed E-state index contributed by atoms with van der Waals surface area (Å²) >= 11 is 0. The molecule has 0 aliphatic carbocycles. The molecule has 2 N–H and O–H groups in total. The van der Waals surface area contributed by atoms with Crippen LogP contribution in [0, 0.1) is 11.8 Å². The van der Waals surface area contributed by atoms with E-state index in [0.29, 0.717) is 46.7 Å². The number of anilines is 5. The van der Waals surface area contributed by atoms with Crippen LogP contribution in [0.5, 0.6) is 0 Å². The van der Waals surface area contributed by atoms with Crippen molar-refractivity contribution in [3.05, 3.63) is 138 Å². The first-order valence-corrected chi connectivity index (χ1v) is 21.5. The van der Waals surface area contributed by atoms with E-state index in [-0.39, 0.29) is 49.2 Å². The Hall–Kier alpha value is -6.40. The van der Waals surface area contributed by atoms with Crippen LogP contribution in [0.15, 0.2) is 115 Å². The summed E-state index contributed by atoms with van der Waals surface area (Å²) in [5.41, 5.74) is 3.12. The Morgan fingerprint density at radius 2 is 1.35 bits per heavy atom. The van der Waals surface area contributed by atoms with Gasteiger partial charge in [0.25, 0.3) is 17.7 Å². The predicted octanol–water partition coefficient (Wildman–Crippen LogP) is 8.11. The summed E-state index contributed by atoms with van der Waals surface area (Å²) in [5, 5.41) is 25.6. The molecule has 11 heteroatoms. The third kappa shape index (κ3) is 5.41. The van der Waals surface area contributed by atoms with Gasteiger partial charge in [-0.05, 0) is 97.6 Å². The number of carbonyl (C=O) groups is 4. The van der Waals surface area contributed by atoms with Gasteiger partial charge in [-0.3, -0.25) is 29.0 Å². The number of ether oxygens (including phenoxy) is 1. The van der Waals surface area contributed by atoms with Crippen molar-refractivity contribution in [2.75, 3.05) is 27.9 Å². The molecule has 0 radical (unpaired) electrons. The van der Waals surface area contributed by atoms with Crippen molar-refractivity contribution in [2.24, 2.45) is 11.8 Å². The van der Waals surface area contributed by atoms with Gasteiger partial charge in [0.05, 0.1) is 65.5 Å². The highest BCUT2D eigenvalue weighted by atomic mass is 16.5. The van der Waals surface area contributed by atoms with Crippen LogP contribution in [-0.2, 0) is 26.5 Å². The number of benzene rings is 6. The zero-order valence-electron chi connectivity index (χ0n) is 34.7. The van der Waals surface area contributed by atoms with Crippen LogP contribution in [-0.4, -0.2) is 69.6 Å². The molecule has 0 unspecified atom stereocenters. The lowest BCUT2D eigenvalue weighted by molar-refractivity contribution is -0.150. The summed E-state index contributed by atoms with van der Waals surface area (Å²) in [6.07, 6.45) is 0.580. The molecule has 2 fully saturated rings. The van der Waals surface area contributed by atoms with E-state index in [9.17, 15) is 24.6 Å². The molecule has 2 saturated heterocycles. The van der Waals surface area contributed by atoms with E-state index < -0.39 is 29.1 Å². The molecule has 0 saturated carbocycles. The lowest BCUT2D eigenvalue weighted by Gasteiger charge is -2.34. The lowest BCUT2D eigenvalue weighted by atomic mass is 9.70. The fraction of sp³-hybridized carbons (Fsp3) is 0.294. The molecule has 11 rings (SSSR count). The maximum atomic E-state index is 15.5. The minimum atomic E-state index is -1.61. The Morgan fingerprint density at radius 3 is 1.95 bits per heavy atom. The first-order chi connectivity index (χ1) is 29.9. The molecule has 312 valence electrons. The first kappa shape index (κ1) is 38.5. The Balaban J connectivity index is 0.988. The van der Waals surface area contributed by atoms with Crippen LogP contribution in [0.3, 0.4) is 0 Å². The number of hydrogen-bond acceptors (Lipinski definition) is 7. The van der Waals surface area contributed by atoms with Crippen LogP contribution < -0.4 is 14.7 Å². The average Bonchev–Trinajstić information content (AvgIpc) is 4.05. The normalized spacial score (nSPS) is 23.9. The maximum Gasteiger partial charge on any atom is 0.264 e. The van der Waals surface area contributed by atoms with Crippen molar-refractivity contribution in [1.29, 1.82) is 0 Å². The minimum Gasteiger partial charge on any atom is -0.394 e. The smallest absolute Gasteiger partial charge is 0.264 e. The quantitative estimate of drug-likeness (QED) is 0.159. The molecule has 11 nitrogen and oxygen atoms in total. The van der Waals surface area contributed by atoms with Crippen molar-refractivity contribution in [3.63, 3.8) is 0 Å². The molecular weight excluding hydrogens is 781 g/mol. The van der Waals surface area contributed by atoms with E-state index in [1.54, 1.807) is 33.4 Å². The third-order valence-electron chi connectivity index (χ3n) is 14.2. The summed E-state index contributed by atoms with van der Waals surface area (Å²) in [7, 11) is 0. The molecule has 5 heterocycles. The Bertz CT molecular complexity index is 2890. The average molecular weight is 827 g/mol. The molecule has 0 bridgehead atoms. The number of aliphatic hydroxyl groups is 2. The molecule has 5 aliphatic rings. The third-order valence-corrected chi connectivity index (χ3v) is 14.2. The van der Waals surface area contributed by atoms with Gasteiger partial charge in [-0.15, -0.1) is 0 Å². The molecule has 6 aromatic carbocycles. The molecule has 5 aliphatic heterocycles. The Labute approximate surface area is 358 Å². The van der Waals surface area contributed by atoms with Gasteiger partial charge < -0.3 is 24.7 Å². The van der Waals surface area contributed by atoms with Gasteiger partial charge in [0.2, 0.25) is 5.91 Å². The van der Waals surface area contributed by atoms with Crippen LogP contribution >= 0.6 is 0 Å². The highest BCUT2D eigenvalue weighted by Gasteiger charge is 2.66. The highest BCUT2D eigenvalue weighted by Crippen LogP contribution is 2.59. The van der Waals surface area contributed by atoms with Gasteiger partial charge in [0.15, 0.2) is 5.60 Å². The monoisotopic (exact) mass is 826 g/mol. The summed E-state index contributed by atoms with van der Waals surface area (Å²) in [6, 6.07) is 36.2. The van der Waals surface area contributed by atoms with Crippen LogP contribution in [0.2, 0.25) is 0 Å². The zero-order chi connectivity index (χ0) is 42.8. The first-order valence-electron chi connectivity index (χ1n) is 21.5. The second kappa shape index (κ2) is 13.8. The van der Waals surface area contributed by atoms with Crippen molar-refractivity contribution in [3.8, 4) is 0 Å². The second-order valence-corrected chi connectivity index (χ2v) is 18.0. The van der Waals surface area contributed by atoms with E-state index in [1.165, 1.54) is 0 Å². The predicted molar refractivity (Wildman–Crippen MR) is 237 cm³/mol. The van der Waals surface area contributed by atoms with Crippen LogP contribution in [0.25, 0.3) is 21.5 Å². The fourth-order valence-corrected chi connectivity index (χ4v) is 11.5. The maximum absolute atomic E-state index is 15.5. The molecule has 62 heavy (non-hydrogen) atoms. The molecule has 4 amide bonds. The largest absolute Gasteiger partial charge is 0.394 e. The number of fused-ring (bicyclic) bond motifs is 2. The number of nitrogens with zero attached hydrogens (tertiary/aromatic N) is 4. The van der Waals surface area contributed by atoms with Gasteiger partial charge >= 0.3 is 0 Å². The Morgan fingerprint density at radius 1 is 0.774 bits per heavy atom. The molecule has 6 aromatic rings. The van der Waals surface area contributed by atoms with E-state index in [2.05, 4.69) is 0 Å². The summed E-state index contributed by atoms with van der Waals surface area (Å²) in [5.74, 6) is -2.04. The van der Waals surface area contributed by atoms with Crippen LogP contribution in [0.1, 0.15) is 71.9 Å². The minimum absolute atomic E-state index is 0.0737. The van der Waals surface area contributed by atoms with Gasteiger partial charge in [0.1, 0.15) is 0 Å². The van der Waals surface area contributed by atoms with Crippen molar-refractivity contribution < 1.29 is 34.1 Å². The number of aliphatic hydroxyl groups excluding tert-OH is 1. The summed E-state index contributed by atoms with van der Waals surface area (Å²) in [4.78, 5) is 64.3. The van der Waals surface area contributed by atoms with Gasteiger partial charge in [-0.2, -0.15) is 0 Å². The van der Waals surface area contributed by atoms with Gasteiger partial charge in [-0.1, -0.05) is 67.6 Å². The van der Waals surface area contributed by atoms with E-state index in [4.69, 9.17) is 4.74 Å². The van der Waals surface area contributed by atoms with E-state index >= 15 is 4.79 Å². The number of rotatable bonds is 8. The number of hydrogen-bond donors (Lipinski definition) is 2. The number of likely N-dealkylation sites (tertiary alicyclic amines) is 1. The summed E-state index contributed by atoms with van der Waals surface area (Å²) in [6.45, 7) is 5.86. The zero-order valence-corrected chi connectivity index (χ0v) is 34.7. The van der Waals surface area contributed by atoms with Crippen molar-refractivity contribution in [2.45, 2.75) is 69.9 Å². The highest BCUT2D eigenvalue weighted by molar-refractivity contribution is 6.29. The van der Waals surface area contributed by atoms with E-state index in [1.807, 2.05) is 122 Å². The summed E-state index contributed by atoms with van der Waals surface area (Å²) < 4.78 is 7.08. The van der Waals surface area contributed by atoms with Crippen molar-refractivity contribution in [1.82, 2.24) is 4.90 Å².